The molecule has 0 aliphatic carbocycles. The summed E-state index contributed by atoms with van der Waals surface area (Å²) >= 11 is 5.98. The molecule has 1 aliphatic heterocycles. The fourth-order valence-electron chi connectivity index (χ4n) is 1.30. The van der Waals surface area contributed by atoms with E-state index in [4.69, 9.17) is 26.8 Å². The molecule has 1 aliphatic rings. The summed E-state index contributed by atoms with van der Waals surface area (Å²) < 4.78 is 10.3. The van der Waals surface area contributed by atoms with Gasteiger partial charge in [-0.05, 0) is 6.07 Å². The Kier molecular flexibility index (Phi) is 3.66. The third-order valence-electron chi connectivity index (χ3n) is 2.06. The Balaban J connectivity index is 2.13. The highest BCUT2D eigenvalue weighted by Crippen LogP contribution is 2.36. The van der Waals surface area contributed by atoms with E-state index >= 15 is 0 Å². The van der Waals surface area contributed by atoms with E-state index in [9.17, 15) is 10.1 Å². The van der Waals surface area contributed by atoms with E-state index in [-0.39, 0.29) is 6.79 Å². The molecule has 1 heterocycles. The van der Waals surface area contributed by atoms with Crippen LogP contribution in [0.1, 0.15) is 5.56 Å². The maximum atomic E-state index is 10.1. The normalized spacial score (nSPS) is 13.8. The smallest absolute Gasteiger partial charge is 0.275 e. The Hall–Kier alpha value is -2.55. The van der Waals surface area contributed by atoms with Crippen molar-refractivity contribution in [3.05, 3.63) is 32.8 Å². The van der Waals surface area contributed by atoms with E-state index in [0.717, 1.165) is 0 Å². The van der Waals surface area contributed by atoms with Crippen LogP contribution in [-0.4, -0.2) is 24.0 Å². The summed E-state index contributed by atoms with van der Waals surface area (Å²) in [6.45, 7) is 0.129. The van der Waals surface area contributed by atoms with Crippen LogP contribution in [0.2, 0.25) is 5.02 Å². The molecule has 9 nitrogen and oxygen atoms in total. The monoisotopic (exact) mass is 285 g/mol. The Morgan fingerprint density at radius 1 is 1.53 bits per heavy atom. The first-order valence-electron chi connectivity index (χ1n) is 4.93. The molecule has 0 amide bonds. The fourth-order valence-corrected chi connectivity index (χ4v) is 1.50. The molecule has 1 aromatic rings. The molecule has 0 spiro atoms. The Morgan fingerprint density at radius 2 is 2.21 bits per heavy atom. The van der Waals surface area contributed by atoms with Crippen LogP contribution < -0.4 is 20.6 Å². The number of guanidine groups is 1. The highest BCUT2D eigenvalue weighted by atomic mass is 35.5. The predicted molar refractivity (Wildman–Crippen MR) is 66.9 cm³/mol. The Bertz CT molecular complexity index is 574. The summed E-state index contributed by atoms with van der Waals surface area (Å²) in [6.07, 6.45) is 1.29. The van der Waals surface area contributed by atoms with E-state index < -0.39 is 11.0 Å². The summed E-state index contributed by atoms with van der Waals surface area (Å²) in [5, 5.41) is 16.5. The van der Waals surface area contributed by atoms with Crippen molar-refractivity contribution in [2.24, 2.45) is 15.9 Å². The van der Waals surface area contributed by atoms with Gasteiger partial charge in [0, 0.05) is 11.6 Å². The lowest BCUT2D eigenvalue weighted by atomic mass is 10.2. The lowest BCUT2D eigenvalue weighted by molar-refractivity contribution is -0.525. The molecule has 100 valence electrons. The molecule has 0 bridgehead atoms. The molecule has 0 fully saturated rings. The Morgan fingerprint density at radius 3 is 2.89 bits per heavy atom. The van der Waals surface area contributed by atoms with E-state index in [2.05, 4.69) is 10.2 Å². The number of ether oxygens (including phenoxy) is 2. The molecule has 0 aromatic heterocycles. The molecule has 10 heteroatoms. The van der Waals surface area contributed by atoms with E-state index in [1.807, 2.05) is 0 Å². The third-order valence-corrected chi connectivity index (χ3v) is 2.39. The quantitative estimate of drug-likeness (QED) is 0.360. The molecular formula is C9H8ClN5O4. The Labute approximate surface area is 111 Å². The average Bonchev–Trinajstić information content (AvgIpc) is 2.75. The number of hydrogen-bond donors (Lipinski definition) is 2. The standard InChI is InChI=1S/C9H8ClN5O4/c10-6-2-8-7(18-4-19-8)1-5(6)3-12-13-9(11)14-15(16)17/h1-3H,4H2,(H3,11,13,14)/b12-3-. The van der Waals surface area contributed by atoms with E-state index in [1.165, 1.54) is 6.21 Å². The van der Waals surface area contributed by atoms with Crippen LogP contribution in [0.4, 0.5) is 0 Å². The van der Waals surface area contributed by atoms with Gasteiger partial charge in [0.05, 0.1) is 11.2 Å². The summed E-state index contributed by atoms with van der Waals surface area (Å²) in [4.78, 5) is 10.1. The molecule has 1 aromatic carbocycles. The first-order chi connectivity index (χ1) is 9.06. The molecule has 3 N–H and O–H groups in total. The van der Waals surface area contributed by atoms with Gasteiger partial charge in [-0.1, -0.05) is 17.0 Å². The zero-order chi connectivity index (χ0) is 13.8. The van der Waals surface area contributed by atoms with Crippen molar-refractivity contribution in [1.29, 1.82) is 0 Å². The van der Waals surface area contributed by atoms with Crippen molar-refractivity contribution in [3.63, 3.8) is 0 Å². The number of benzene rings is 1. The van der Waals surface area contributed by atoms with Crippen LogP contribution in [0.15, 0.2) is 22.3 Å². The molecule has 0 saturated carbocycles. The van der Waals surface area contributed by atoms with Gasteiger partial charge in [-0.25, -0.2) is 10.1 Å². The van der Waals surface area contributed by atoms with Gasteiger partial charge < -0.3 is 15.2 Å². The topological polar surface area (TPSA) is 124 Å². The minimum Gasteiger partial charge on any atom is -0.454 e. The number of nitrogens with two attached hydrogens (primary N) is 1. The van der Waals surface area contributed by atoms with Crippen molar-refractivity contribution in [3.8, 4) is 11.5 Å². The lowest BCUT2D eigenvalue weighted by Crippen LogP contribution is -2.35. The number of nitrogens with one attached hydrogen (secondary N) is 1. The number of halogens is 1. The maximum Gasteiger partial charge on any atom is 0.275 e. The van der Waals surface area contributed by atoms with Gasteiger partial charge in [0.25, 0.3) is 5.96 Å². The van der Waals surface area contributed by atoms with Gasteiger partial charge in [-0.15, -0.1) is 5.10 Å². The van der Waals surface area contributed by atoms with Crippen molar-refractivity contribution < 1.29 is 14.5 Å². The maximum absolute atomic E-state index is 10.1. The van der Waals surface area contributed by atoms with Gasteiger partial charge in [0.2, 0.25) is 6.79 Å². The van der Waals surface area contributed by atoms with Gasteiger partial charge in [0.15, 0.2) is 16.5 Å². The second-order valence-corrected chi connectivity index (χ2v) is 3.73. The summed E-state index contributed by atoms with van der Waals surface area (Å²) in [7, 11) is 0. The molecule has 2 rings (SSSR count). The third kappa shape index (κ3) is 3.22. The van der Waals surface area contributed by atoms with Crippen molar-refractivity contribution in [2.45, 2.75) is 0 Å². The van der Waals surface area contributed by atoms with Gasteiger partial charge in [0.1, 0.15) is 0 Å². The van der Waals surface area contributed by atoms with E-state index in [0.29, 0.717) is 22.1 Å². The largest absolute Gasteiger partial charge is 0.454 e. The van der Waals surface area contributed by atoms with Crippen LogP contribution in [0.25, 0.3) is 0 Å². The summed E-state index contributed by atoms with van der Waals surface area (Å²) in [5.41, 5.74) is 7.33. The van der Waals surface area contributed by atoms with Crippen molar-refractivity contribution in [1.82, 2.24) is 5.43 Å². The van der Waals surface area contributed by atoms with Crippen molar-refractivity contribution in [2.75, 3.05) is 6.79 Å². The molecule has 0 atom stereocenters. The first-order valence-corrected chi connectivity index (χ1v) is 5.31. The van der Waals surface area contributed by atoms with Gasteiger partial charge in [-0.3, -0.25) is 0 Å². The van der Waals surface area contributed by atoms with Crippen LogP contribution in [-0.2, 0) is 0 Å². The lowest BCUT2D eigenvalue weighted by Gasteiger charge is -2.00. The molecule has 0 unspecified atom stereocenters. The van der Waals surface area contributed by atoms with E-state index in [1.54, 1.807) is 17.6 Å². The second kappa shape index (κ2) is 5.40. The van der Waals surface area contributed by atoms with Crippen molar-refractivity contribution >= 4 is 23.8 Å². The first kappa shape index (κ1) is 12.9. The minimum atomic E-state index is -0.845. The van der Waals surface area contributed by atoms with Crippen LogP contribution >= 0.6 is 11.6 Å². The number of nitro groups is 1. The molecule has 0 saturated heterocycles. The zero-order valence-electron chi connectivity index (χ0n) is 9.37. The van der Waals surface area contributed by atoms with Gasteiger partial charge in [-0.2, -0.15) is 5.10 Å². The van der Waals surface area contributed by atoms with Crippen LogP contribution in [0.3, 0.4) is 0 Å². The van der Waals surface area contributed by atoms with Crippen LogP contribution in [0.5, 0.6) is 11.5 Å². The molecule has 19 heavy (non-hydrogen) atoms. The van der Waals surface area contributed by atoms with Gasteiger partial charge >= 0.3 is 0 Å². The second-order valence-electron chi connectivity index (χ2n) is 3.33. The number of fused-ring (bicyclic) bond motifs is 1. The molecule has 0 radical (unpaired) electrons. The average molecular weight is 286 g/mol. The number of hydrazine groups is 1. The number of hydrogen-bond acceptors (Lipinski definition) is 6. The highest BCUT2D eigenvalue weighted by molar-refractivity contribution is 6.33. The minimum absolute atomic E-state index is 0.129. The summed E-state index contributed by atoms with van der Waals surface area (Å²) in [6, 6.07) is 3.19. The SMILES string of the molecule is NC(=N/N=C\c1cc2c(cc1Cl)OCO2)N[N+](=O)[O-]. The number of nitrogens with zero attached hydrogens (tertiary/aromatic N) is 3. The molecular weight excluding hydrogens is 278 g/mol. The fraction of sp³-hybridized carbons (Fsp3) is 0.111. The highest BCUT2D eigenvalue weighted by Gasteiger charge is 2.15. The zero-order valence-corrected chi connectivity index (χ0v) is 10.1. The summed E-state index contributed by atoms with van der Waals surface area (Å²) in [5.74, 6) is 0.629. The predicted octanol–water partition coefficient (Wildman–Crippen LogP) is 0.499. The number of rotatable bonds is 3. The van der Waals surface area contributed by atoms with Crippen LogP contribution in [0, 0.1) is 10.1 Å².